The lowest BCUT2D eigenvalue weighted by molar-refractivity contribution is -0.129. The fourth-order valence-corrected chi connectivity index (χ4v) is 3.16. The number of anilines is 1. The Balaban J connectivity index is 1.55. The van der Waals surface area contributed by atoms with Crippen LogP contribution in [0.5, 0.6) is 5.75 Å². The van der Waals surface area contributed by atoms with Gasteiger partial charge >= 0.3 is 6.03 Å². The molecule has 2 aromatic rings. The zero-order valence-corrected chi connectivity index (χ0v) is 15.8. The molecule has 2 unspecified atom stereocenters. The van der Waals surface area contributed by atoms with E-state index in [0.29, 0.717) is 11.4 Å². The third kappa shape index (κ3) is 4.31. The molecule has 0 aromatic heterocycles. The highest BCUT2D eigenvalue weighted by molar-refractivity contribution is 6.05. The van der Waals surface area contributed by atoms with Gasteiger partial charge in [-0.25, -0.2) is 4.79 Å². The first-order valence-electron chi connectivity index (χ1n) is 9.12. The maximum Gasteiger partial charge on any atom is 0.325 e. The molecule has 7 heteroatoms. The molecule has 2 N–H and O–H groups in total. The maximum absolute atomic E-state index is 12.7. The highest BCUT2D eigenvalue weighted by atomic mass is 16.5. The fraction of sp³-hybridized carbons (Fsp3) is 0.286. The van der Waals surface area contributed by atoms with Gasteiger partial charge in [0.25, 0.3) is 5.91 Å². The van der Waals surface area contributed by atoms with Crippen molar-refractivity contribution in [2.24, 2.45) is 0 Å². The van der Waals surface area contributed by atoms with Crippen molar-refractivity contribution in [3.8, 4) is 5.75 Å². The van der Waals surface area contributed by atoms with Crippen LogP contribution in [-0.2, 0) is 9.59 Å². The second kappa shape index (κ2) is 8.56. The fourth-order valence-electron chi connectivity index (χ4n) is 3.16. The average Bonchev–Trinajstić information content (AvgIpc) is 3.00. The van der Waals surface area contributed by atoms with Crippen LogP contribution in [0.1, 0.15) is 31.4 Å². The van der Waals surface area contributed by atoms with Crippen molar-refractivity contribution >= 4 is 23.5 Å². The van der Waals surface area contributed by atoms with E-state index in [4.69, 9.17) is 4.74 Å². The quantitative estimate of drug-likeness (QED) is 0.722. The summed E-state index contributed by atoms with van der Waals surface area (Å²) in [5, 5.41) is 5.45. The van der Waals surface area contributed by atoms with Gasteiger partial charge in [0.1, 0.15) is 11.8 Å². The first-order chi connectivity index (χ1) is 13.5. The van der Waals surface area contributed by atoms with Gasteiger partial charge in [0, 0.05) is 12.1 Å². The summed E-state index contributed by atoms with van der Waals surface area (Å²) in [6, 6.07) is 14.8. The first kappa shape index (κ1) is 19.4. The summed E-state index contributed by atoms with van der Waals surface area (Å²) in [5.41, 5.74) is 1.52. The van der Waals surface area contributed by atoms with Crippen LogP contribution in [0, 0.1) is 0 Å². The lowest BCUT2D eigenvalue weighted by atomic mass is 10.1. The molecular formula is C21H23N3O4. The van der Waals surface area contributed by atoms with Crippen LogP contribution in [0.2, 0.25) is 0 Å². The third-order valence-electron chi connectivity index (χ3n) is 4.76. The number of hydrogen-bond acceptors (Lipinski definition) is 4. The van der Waals surface area contributed by atoms with Crippen LogP contribution >= 0.6 is 0 Å². The number of hydrogen-bond donors (Lipinski definition) is 2. The summed E-state index contributed by atoms with van der Waals surface area (Å²) in [4.78, 5) is 38.3. The van der Waals surface area contributed by atoms with E-state index in [1.807, 2.05) is 37.3 Å². The van der Waals surface area contributed by atoms with E-state index in [2.05, 4.69) is 10.6 Å². The van der Waals surface area contributed by atoms with Gasteiger partial charge in [-0.15, -0.1) is 0 Å². The van der Waals surface area contributed by atoms with Crippen molar-refractivity contribution in [1.82, 2.24) is 10.2 Å². The second-order valence-electron chi connectivity index (χ2n) is 6.61. The topological polar surface area (TPSA) is 87.7 Å². The molecule has 4 amide bonds. The van der Waals surface area contributed by atoms with E-state index >= 15 is 0 Å². The Morgan fingerprint density at radius 1 is 1.14 bits per heavy atom. The van der Waals surface area contributed by atoms with Crippen LogP contribution < -0.4 is 15.4 Å². The number of benzene rings is 2. The monoisotopic (exact) mass is 381 g/mol. The normalized spacial score (nSPS) is 17.2. The van der Waals surface area contributed by atoms with Crippen molar-refractivity contribution < 1.29 is 19.1 Å². The molecule has 1 fully saturated rings. The van der Waals surface area contributed by atoms with Crippen LogP contribution in [0.3, 0.4) is 0 Å². The minimum Gasteiger partial charge on any atom is -0.497 e. The lowest BCUT2D eigenvalue weighted by Gasteiger charge is -2.21. The van der Waals surface area contributed by atoms with E-state index in [0.717, 1.165) is 5.56 Å². The Hall–Kier alpha value is -3.35. The molecule has 0 aliphatic carbocycles. The average molecular weight is 381 g/mol. The third-order valence-corrected chi connectivity index (χ3v) is 4.76. The summed E-state index contributed by atoms with van der Waals surface area (Å²) < 4.78 is 5.08. The molecule has 2 aromatic carbocycles. The molecule has 0 saturated carbocycles. The number of amides is 4. The van der Waals surface area contributed by atoms with E-state index in [1.165, 1.54) is 4.90 Å². The largest absolute Gasteiger partial charge is 0.497 e. The number of methoxy groups -OCH3 is 1. The molecule has 0 bridgehead atoms. The van der Waals surface area contributed by atoms with Gasteiger partial charge in [-0.05, 0) is 43.2 Å². The van der Waals surface area contributed by atoms with Crippen LogP contribution in [0.25, 0.3) is 0 Å². The zero-order valence-electron chi connectivity index (χ0n) is 15.8. The lowest BCUT2D eigenvalue weighted by Crippen LogP contribution is -2.34. The number of rotatable bonds is 7. The molecule has 3 rings (SSSR count). The first-order valence-corrected chi connectivity index (χ1v) is 9.12. The van der Waals surface area contributed by atoms with Gasteiger partial charge in [-0.3, -0.25) is 14.5 Å². The van der Waals surface area contributed by atoms with Crippen molar-refractivity contribution in [2.75, 3.05) is 12.4 Å². The molecule has 1 aliphatic rings. The van der Waals surface area contributed by atoms with Gasteiger partial charge in [-0.1, -0.05) is 30.3 Å². The molecule has 0 radical (unpaired) electrons. The van der Waals surface area contributed by atoms with Gasteiger partial charge in [0.05, 0.1) is 13.2 Å². The molecule has 2 atom stereocenters. The number of urea groups is 1. The summed E-state index contributed by atoms with van der Waals surface area (Å²) in [6.07, 6.45) is 0.362. The Bertz CT molecular complexity index is 852. The molecule has 28 heavy (non-hydrogen) atoms. The predicted octanol–water partition coefficient (Wildman–Crippen LogP) is 3.10. The van der Waals surface area contributed by atoms with Gasteiger partial charge < -0.3 is 15.4 Å². The Kier molecular flexibility index (Phi) is 5.93. The van der Waals surface area contributed by atoms with E-state index < -0.39 is 12.1 Å². The molecule has 146 valence electrons. The number of nitrogens with one attached hydrogen (secondary N) is 2. The SMILES string of the molecule is COc1ccc(NC(=O)CCC2NC(=O)N(C(C)c3ccccc3)C2=O)cc1. The van der Waals surface area contributed by atoms with Gasteiger partial charge in [-0.2, -0.15) is 0 Å². The number of ether oxygens (including phenoxy) is 1. The van der Waals surface area contributed by atoms with Crippen LogP contribution in [0.4, 0.5) is 10.5 Å². The maximum atomic E-state index is 12.7. The minimum atomic E-state index is -0.694. The second-order valence-corrected chi connectivity index (χ2v) is 6.61. The molecule has 1 heterocycles. The van der Waals surface area contributed by atoms with Crippen molar-refractivity contribution in [3.63, 3.8) is 0 Å². The standard InChI is InChI=1S/C21H23N3O4/c1-14(15-6-4-3-5-7-15)24-20(26)18(23-21(24)27)12-13-19(25)22-16-8-10-17(28-2)11-9-16/h3-11,14,18H,12-13H2,1-2H3,(H,22,25)(H,23,27). The number of nitrogens with zero attached hydrogens (tertiary/aromatic N) is 1. The molecular weight excluding hydrogens is 358 g/mol. The summed E-state index contributed by atoms with van der Waals surface area (Å²) in [7, 11) is 1.57. The Morgan fingerprint density at radius 3 is 2.46 bits per heavy atom. The summed E-state index contributed by atoms with van der Waals surface area (Å²) in [6.45, 7) is 1.81. The van der Waals surface area contributed by atoms with Crippen LogP contribution in [-0.4, -0.2) is 35.9 Å². The van der Waals surface area contributed by atoms with Gasteiger partial charge in [0.15, 0.2) is 0 Å². The molecule has 7 nitrogen and oxygen atoms in total. The predicted molar refractivity (Wildman–Crippen MR) is 105 cm³/mol. The molecule has 0 spiro atoms. The van der Waals surface area contributed by atoms with E-state index in [9.17, 15) is 14.4 Å². The summed E-state index contributed by atoms with van der Waals surface area (Å²) >= 11 is 0. The van der Waals surface area contributed by atoms with Crippen molar-refractivity contribution in [1.29, 1.82) is 0 Å². The minimum absolute atomic E-state index is 0.121. The summed E-state index contributed by atoms with van der Waals surface area (Å²) in [5.74, 6) is 0.172. The van der Waals surface area contributed by atoms with E-state index in [-0.39, 0.29) is 30.7 Å². The number of carbonyl (C=O) groups is 3. The van der Waals surface area contributed by atoms with E-state index in [1.54, 1.807) is 31.4 Å². The zero-order chi connectivity index (χ0) is 20.1. The molecule has 1 saturated heterocycles. The number of carbonyl (C=O) groups excluding carboxylic acids is 3. The highest BCUT2D eigenvalue weighted by Crippen LogP contribution is 2.25. The smallest absolute Gasteiger partial charge is 0.325 e. The van der Waals surface area contributed by atoms with Crippen LogP contribution in [0.15, 0.2) is 54.6 Å². The number of imide groups is 1. The van der Waals surface area contributed by atoms with Gasteiger partial charge in [0.2, 0.25) is 5.91 Å². The highest BCUT2D eigenvalue weighted by Gasteiger charge is 2.40. The Labute approximate surface area is 163 Å². The molecule has 1 aliphatic heterocycles. The van der Waals surface area contributed by atoms with Crippen molar-refractivity contribution in [3.05, 3.63) is 60.2 Å². The van der Waals surface area contributed by atoms with Crippen molar-refractivity contribution in [2.45, 2.75) is 31.8 Å². The Morgan fingerprint density at radius 2 is 1.82 bits per heavy atom.